The lowest BCUT2D eigenvalue weighted by atomic mass is 10.1. The largest absolute Gasteiger partial charge is 0.462 e. The van der Waals surface area contributed by atoms with Crippen molar-refractivity contribution in [2.45, 2.75) is 34.6 Å². The second-order valence-corrected chi connectivity index (χ2v) is 7.76. The van der Waals surface area contributed by atoms with E-state index in [4.69, 9.17) is 4.74 Å². The lowest BCUT2D eigenvalue weighted by Crippen LogP contribution is -2.30. The number of benzene rings is 1. The van der Waals surface area contributed by atoms with Gasteiger partial charge in [-0.3, -0.25) is 4.79 Å². The van der Waals surface area contributed by atoms with Crippen LogP contribution in [0.4, 0.5) is 11.5 Å². The Kier molecular flexibility index (Phi) is 6.66. The van der Waals surface area contributed by atoms with Crippen molar-refractivity contribution in [1.29, 1.82) is 0 Å². The molecule has 1 aromatic carbocycles. The van der Waals surface area contributed by atoms with Crippen LogP contribution in [0.15, 0.2) is 24.3 Å². The number of rotatable bonds is 7. The fraction of sp³-hybridized carbons (Fsp3) is 0.364. The molecule has 0 fully saturated rings. The average molecular weight is 427 g/mol. The summed E-state index contributed by atoms with van der Waals surface area (Å²) < 4.78 is 5.17. The van der Waals surface area contributed by atoms with Crippen LogP contribution in [0, 0.1) is 13.8 Å². The van der Waals surface area contributed by atoms with E-state index in [1.807, 2.05) is 39.8 Å². The standard InChI is InChI=1S/C22H26N4O3S/c1-6-26(7-2)21(27)15-9-11-16(12-10-15)25-19-17-13(4)18(22(28)29-8-3)30-20(17)24-14(5)23-19/h9-12H,6-8H2,1-5H3,(H,23,24,25). The molecule has 2 aromatic heterocycles. The number of carbonyl (C=O) groups excluding carboxylic acids is 2. The number of fused-ring (bicyclic) bond motifs is 1. The quantitative estimate of drug-likeness (QED) is 0.551. The summed E-state index contributed by atoms with van der Waals surface area (Å²) in [5.41, 5.74) is 2.24. The summed E-state index contributed by atoms with van der Waals surface area (Å²) in [6.07, 6.45) is 0. The molecule has 7 nitrogen and oxygen atoms in total. The number of anilines is 2. The maximum atomic E-state index is 12.5. The molecule has 0 bridgehead atoms. The third kappa shape index (κ3) is 4.28. The molecule has 0 unspecified atom stereocenters. The Morgan fingerprint density at radius 1 is 1.07 bits per heavy atom. The second kappa shape index (κ2) is 9.21. The van der Waals surface area contributed by atoms with Crippen molar-refractivity contribution in [3.63, 3.8) is 0 Å². The van der Waals surface area contributed by atoms with Crippen LogP contribution < -0.4 is 5.32 Å². The third-order valence-corrected chi connectivity index (χ3v) is 5.97. The van der Waals surface area contributed by atoms with E-state index in [1.54, 1.807) is 24.0 Å². The Labute approximate surface area is 180 Å². The normalized spacial score (nSPS) is 10.8. The molecule has 1 amide bonds. The predicted molar refractivity (Wildman–Crippen MR) is 120 cm³/mol. The van der Waals surface area contributed by atoms with Gasteiger partial charge in [-0.05, 0) is 64.4 Å². The van der Waals surface area contributed by atoms with Crippen LogP contribution in [0.1, 0.15) is 52.2 Å². The van der Waals surface area contributed by atoms with Crippen molar-refractivity contribution >= 4 is 44.9 Å². The summed E-state index contributed by atoms with van der Waals surface area (Å²) in [6.45, 7) is 11.1. The molecule has 0 aliphatic rings. The zero-order valence-electron chi connectivity index (χ0n) is 17.9. The van der Waals surface area contributed by atoms with Gasteiger partial charge in [0, 0.05) is 24.3 Å². The lowest BCUT2D eigenvalue weighted by Gasteiger charge is -2.18. The Morgan fingerprint density at radius 2 is 1.73 bits per heavy atom. The fourth-order valence-electron chi connectivity index (χ4n) is 3.25. The highest BCUT2D eigenvalue weighted by molar-refractivity contribution is 7.20. The SMILES string of the molecule is CCOC(=O)c1sc2nc(C)nc(Nc3ccc(C(=O)N(CC)CC)cc3)c2c1C. The minimum absolute atomic E-state index is 0.0135. The maximum absolute atomic E-state index is 12.5. The first-order valence-electron chi connectivity index (χ1n) is 10.0. The minimum Gasteiger partial charge on any atom is -0.462 e. The Morgan fingerprint density at radius 3 is 2.33 bits per heavy atom. The fourth-order valence-corrected chi connectivity index (χ4v) is 4.37. The van der Waals surface area contributed by atoms with Crippen molar-refractivity contribution in [2.75, 3.05) is 25.0 Å². The highest BCUT2D eigenvalue weighted by Gasteiger charge is 2.21. The van der Waals surface area contributed by atoms with Gasteiger partial charge >= 0.3 is 5.97 Å². The number of carbonyl (C=O) groups is 2. The molecule has 2 heterocycles. The third-order valence-electron chi connectivity index (χ3n) is 4.81. The number of hydrogen-bond acceptors (Lipinski definition) is 7. The smallest absolute Gasteiger partial charge is 0.348 e. The van der Waals surface area contributed by atoms with E-state index >= 15 is 0 Å². The molecule has 0 aliphatic carbocycles. The van der Waals surface area contributed by atoms with Crippen LogP contribution in [0.2, 0.25) is 0 Å². The van der Waals surface area contributed by atoms with Gasteiger partial charge in [0.25, 0.3) is 5.91 Å². The molecule has 30 heavy (non-hydrogen) atoms. The van der Waals surface area contributed by atoms with E-state index in [9.17, 15) is 9.59 Å². The van der Waals surface area contributed by atoms with E-state index in [2.05, 4.69) is 15.3 Å². The number of hydrogen-bond donors (Lipinski definition) is 1. The van der Waals surface area contributed by atoms with Crippen LogP contribution >= 0.6 is 11.3 Å². The van der Waals surface area contributed by atoms with Gasteiger partial charge in [-0.2, -0.15) is 0 Å². The summed E-state index contributed by atoms with van der Waals surface area (Å²) in [5, 5.41) is 4.12. The van der Waals surface area contributed by atoms with Gasteiger partial charge < -0.3 is 15.0 Å². The molecule has 3 rings (SSSR count). The van der Waals surface area contributed by atoms with Crippen molar-refractivity contribution in [1.82, 2.24) is 14.9 Å². The monoisotopic (exact) mass is 426 g/mol. The minimum atomic E-state index is -0.346. The van der Waals surface area contributed by atoms with Gasteiger partial charge in [0.2, 0.25) is 0 Å². The Bertz CT molecular complexity index is 1070. The number of aromatic nitrogens is 2. The van der Waals surface area contributed by atoms with E-state index < -0.39 is 0 Å². The van der Waals surface area contributed by atoms with Gasteiger partial charge in [-0.1, -0.05) is 0 Å². The number of amides is 1. The van der Waals surface area contributed by atoms with Crippen LogP contribution in [0.5, 0.6) is 0 Å². The van der Waals surface area contributed by atoms with Gasteiger partial charge in [0.1, 0.15) is 21.3 Å². The first-order valence-corrected chi connectivity index (χ1v) is 10.8. The van der Waals surface area contributed by atoms with Gasteiger partial charge in [-0.25, -0.2) is 14.8 Å². The molecule has 0 atom stereocenters. The predicted octanol–water partition coefficient (Wildman–Crippen LogP) is 4.71. The van der Waals surface area contributed by atoms with Gasteiger partial charge in [-0.15, -0.1) is 11.3 Å². The van der Waals surface area contributed by atoms with Crippen molar-refractivity contribution in [2.24, 2.45) is 0 Å². The molecule has 1 N–H and O–H groups in total. The van der Waals surface area contributed by atoms with Gasteiger partial charge in [0.15, 0.2) is 0 Å². The highest BCUT2D eigenvalue weighted by Crippen LogP contribution is 2.35. The lowest BCUT2D eigenvalue weighted by molar-refractivity contribution is 0.0531. The molecule has 0 saturated heterocycles. The molecular formula is C22H26N4O3S. The molecule has 0 aliphatic heterocycles. The van der Waals surface area contributed by atoms with Crippen LogP contribution in [0.3, 0.4) is 0 Å². The molecule has 158 valence electrons. The molecular weight excluding hydrogens is 400 g/mol. The zero-order chi connectivity index (χ0) is 21.8. The number of nitrogens with one attached hydrogen (secondary N) is 1. The maximum Gasteiger partial charge on any atom is 0.348 e. The molecule has 0 spiro atoms. The van der Waals surface area contributed by atoms with Crippen molar-refractivity contribution < 1.29 is 14.3 Å². The second-order valence-electron chi connectivity index (χ2n) is 6.76. The number of esters is 1. The summed E-state index contributed by atoms with van der Waals surface area (Å²) in [6, 6.07) is 7.32. The number of aryl methyl sites for hydroxylation is 2. The Hall–Kier alpha value is -3.00. The molecule has 3 aromatic rings. The number of ether oxygens (including phenoxy) is 1. The first kappa shape index (κ1) is 21.7. The first-order chi connectivity index (χ1) is 14.4. The van der Waals surface area contributed by atoms with E-state index in [-0.39, 0.29) is 11.9 Å². The molecule has 8 heteroatoms. The molecule has 0 radical (unpaired) electrons. The van der Waals surface area contributed by atoms with E-state index in [0.29, 0.717) is 41.8 Å². The molecule has 0 saturated carbocycles. The van der Waals surface area contributed by atoms with Crippen LogP contribution in [-0.4, -0.2) is 46.4 Å². The van der Waals surface area contributed by atoms with Crippen molar-refractivity contribution in [3.8, 4) is 0 Å². The topological polar surface area (TPSA) is 84.4 Å². The van der Waals surface area contributed by atoms with Gasteiger partial charge in [0.05, 0.1) is 12.0 Å². The average Bonchev–Trinajstić information content (AvgIpc) is 3.06. The summed E-state index contributed by atoms with van der Waals surface area (Å²) >= 11 is 1.31. The zero-order valence-corrected chi connectivity index (χ0v) is 18.7. The highest BCUT2D eigenvalue weighted by atomic mass is 32.1. The summed E-state index contributed by atoms with van der Waals surface area (Å²) in [4.78, 5) is 36.9. The Balaban J connectivity index is 1.94. The number of thiophene rings is 1. The van der Waals surface area contributed by atoms with Crippen LogP contribution in [-0.2, 0) is 4.74 Å². The van der Waals surface area contributed by atoms with Crippen molar-refractivity contribution in [3.05, 3.63) is 46.1 Å². The summed E-state index contributed by atoms with van der Waals surface area (Å²) in [5.74, 6) is 0.903. The van der Waals surface area contributed by atoms with E-state index in [0.717, 1.165) is 21.5 Å². The van der Waals surface area contributed by atoms with E-state index in [1.165, 1.54) is 11.3 Å². The van der Waals surface area contributed by atoms with Crippen LogP contribution in [0.25, 0.3) is 10.2 Å². The summed E-state index contributed by atoms with van der Waals surface area (Å²) in [7, 11) is 0. The number of nitrogens with zero attached hydrogens (tertiary/aromatic N) is 3.